The van der Waals surface area contributed by atoms with Gasteiger partial charge in [0.2, 0.25) is 0 Å². The summed E-state index contributed by atoms with van der Waals surface area (Å²) >= 11 is 0. The van der Waals surface area contributed by atoms with E-state index in [1.54, 1.807) is 18.5 Å². The number of fused-ring (bicyclic) bond motifs is 3. The summed E-state index contributed by atoms with van der Waals surface area (Å²) in [6.45, 7) is 0. The monoisotopic (exact) mass is 266 g/mol. The fraction of sp³-hybridized carbons (Fsp3) is 0.0667. The normalized spacial score (nSPS) is 11.5. The summed E-state index contributed by atoms with van der Waals surface area (Å²) in [6, 6.07) is 8.49. The average molecular weight is 266 g/mol. The number of pyridine rings is 1. The lowest BCUT2D eigenvalue weighted by molar-refractivity contribution is 0.628. The van der Waals surface area contributed by atoms with Crippen molar-refractivity contribution in [1.29, 1.82) is 0 Å². The van der Waals surface area contributed by atoms with E-state index in [1.165, 1.54) is 12.1 Å². The molecule has 0 saturated carbocycles. The van der Waals surface area contributed by atoms with E-state index in [2.05, 4.69) is 15.1 Å². The Morgan fingerprint density at radius 3 is 2.95 bits per heavy atom. The molecule has 0 unspecified atom stereocenters. The molecule has 0 bridgehead atoms. The molecule has 20 heavy (non-hydrogen) atoms. The molecule has 3 aromatic heterocycles. The Bertz CT molecular complexity index is 936. The maximum absolute atomic E-state index is 13.3. The van der Waals surface area contributed by atoms with Crippen LogP contribution in [0.2, 0.25) is 0 Å². The van der Waals surface area contributed by atoms with Crippen molar-refractivity contribution in [1.82, 2.24) is 19.7 Å². The van der Waals surface area contributed by atoms with Gasteiger partial charge in [0, 0.05) is 35.3 Å². The van der Waals surface area contributed by atoms with E-state index in [1.807, 2.05) is 23.9 Å². The van der Waals surface area contributed by atoms with E-state index in [-0.39, 0.29) is 5.82 Å². The fourth-order valence-corrected chi connectivity index (χ4v) is 2.55. The molecule has 1 aromatic carbocycles. The number of rotatable bonds is 1. The van der Waals surface area contributed by atoms with Crippen LogP contribution in [0.4, 0.5) is 4.39 Å². The molecular formula is C15H11FN4. The van der Waals surface area contributed by atoms with Gasteiger partial charge in [-0.2, -0.15) is 5.10 Å². The molecule has 0 atom stereocenters. The Hall–Kier alpha value is -2.69. The number of aryl methyl sites for hydroxylation is 1. The highest BCUT2D eigenvalue weighted by atomic mass is 19.1. The van der Waals surface area contributed by atoms with Crippen LogP contribution >= 0.6 is 0 Å². The molecule has 98 valence electrons. The number of benzene rings is 1. The van der Waals surface area contributed by atoms with Crippen LogP contribution in [0.3, 0.4) is 0 Å². The first-order valence-corrected chi connectivity index (χ1v) is 6.28. The third kappa shape index (κ3) is 1.53. The second kappa shape index (κ2) is 3.90. The van der Waals surface area contributed by atoms with Gasteiger partial charge in [-0.3, -0.25) is 4.68 Å². The van der Waals surface area contributed by atoms with Crippen LogP contribution in [-0.2, 0) is 7.05 Å². The molecule has 0 radical (unpaired) electrons. The minimum atomic E-state index is -0.250. The first-order valence-electron chi connectivity index (χ1n) is 6.28. The van der Waals surface area contributed by atoms with Gasteiger partial charge in [0.25, 0.3) is 0 Å². The lowest BCUT2D eigenvalue weighted by atomic mass is 10.1. The molecule has 0 saturated heterocycles. The summed E-state index contributed by atoms with van der Waals surface area (Å²) in [5.74, 6) is -0.250. The van der Waals surface area contributed by atoms with Crippen LogP contribution < -0.4 is 0 Å². The topological polar surface area (TPSA) is 46.5 Å². The van der Waals surface area contributed by atoms with Crippen molar-refractivity contribution in [2.75, 3.05) is 0 Å². The maximum Gasteiger partial charge on any atom is 0.139 e. The fourth-order valence-electron chi connectivity index (χ4n) is 2.55. The van der Waals surface area contributed by atoms with Gasteiger partial charge in [0.15, 0.2) is 0 Å². The van der Waals surface area contributed by atoms with Crippen molar-refractivity contribution < 1.29 is 4.39 Å². The molecule has 4 rings (SSSR count). The van der Waals surface area contributed by atoms with Gasteiger partial charge in [-0.15, -0.1) is 0 Å². The number of H-pyrrole nitrogens is 1. The summed E-state index contributed by atoms with van der Waals surface area (Å²) in [5, 5.41) is 6.22. The van der Waals surface area contributed by atoms with Gasteiger partial charge in [-0.1, -0.05) is 12.1 Å². The summed E-state index contributed by atoms with van der Waals surface area (Å²) in [5.41, 5.74) is 3.45. The summed E-state index contributed by atoms with van der Waals surface area (Å²) < 4.78 is 15.2. The second-order valence-electron chi connectivity index (χ2n) is 4.79. The third-order valence-corrected chi connectivity index (χ3v) is 3.49. The van der Waals surface area contributed by atoms with Crippen LogP contribution in [0.5, 0.6) is 0 Å². The quantitative estimate of drug-likeness (QED) is 0.575. The Labute approximate surface area is 113 Å². The smallest absolute Gasteiger partial charge is 0.139 e. The van der Waals surface area contributed by atoms with Crippen molar-refractivity contribution >= 4 is 21.9 Å². The van der Waals surface area contributed by atoms with Gasteiger partial charge in [0.1, 0.15) is 11.5 Å². The standard InChI is InChI=1S/C15H11FN4/c1-20-14-10(8-18-20)7-17-15-12(14)6-13(19-15)9-3-2-4-11(16)5-9/h2-8H,1H3,(H,17,19). The van der Waals surface area contributed by atoms with E-state index >= 15 is 0 Å². The summed E-state index contributed by atoms with van der Waals surface area (Å²) in [4.78, 5) is 7.62. The Kier molecular flexibility index (Phi) is 2.18. The molecule has 0 amide bonds. The van der Waals surface area contributed by atoms with Crippen LogP contribution in [-0.4, -0.2) is 19.7 Å². The largest absolute Gasteiger partial charge is 0.339 e. The highest BCUT2D eigenvalue weighted by molar-refractivity contribution is 6.04. The molecule has 4 nitrogen and oxygen atoms in total. The predicted molar refractivity (Wildman–Crippen MR) is 75.8 cm³/mol. The number of aromatic nitrogens is 4. The van der Waals surface area contributed by atoms with Crippen LogP contribution in [0.1, 0.15) is 0 Å². The number of nitrogens with one attached hydrogen (secondary N) is 1. The van der Waals surface area contributed by atoms with Crippen molar-refractivity contribution in [2.45, 2.75) is 0 Å². The number of aromatic amines is 1. The third-order valence-electron chi connectivity index (χ3n) is 3.49. The highest BCUT2D eigenvalue weighted by Gasteiger charge is 2.10. The van der Waals surface area contributed by atoms with Gasteiger partial charge in [0.05, 0.1) is 11.7 Å². The Morgan fingerprint density at radius 1 is 1.20 bits per heavy atom. The number of hydrogen-bond donors (Lipinski definition) is 1. The predicted octanol–water partition coefficient (Wildman–Crippen LogP) is 3.26. The number of nitrogens with zero attached hydrogens (tertiary/aromatic N) is 3. The van der Waals surface area contributed by atoms with Crippen molar-refractivity contribution in [2.24, 2.45) is 7.05 Å². The number of hydrogen-bond acceptors (Lipinski definition) is 2. The highest BCUT2D eigenvalue weighted by Crippen LogP contribution is 2.28. The molecule has 0 fully saturated rings. The molecule has 0 aliphatic carbocycles. The average Bonchev–Trinajstić information content (AvgIpc) is 3.02. The lowest BCUT2D eigenvalue weighted by Gasteiger charge is -1.96. The summed E-state index contributed by atoms with van der Waals surface area (Å²) in [6.07, 6.45) is 3.58. The summed E-state index contributed by atoms with van der Waals surface area (Å²) in [7, 11) is 1.90. The van der Waals surface area contributed by atoms with E-state index in [4.69, 9.17) is 0 Å². The molecule has 1 N–H and O–H groups in total. The first-order chi connectivity index (χ1) is 9.72. The zero-order valence-electron chi connectivity index (χ0n) is 10.8. The van der Waals surface area contributed by atoms with E-state index in [9.17, 15) is 4.39 Å². The van der Waals surface area contributed by atoms with Gasteiger partial charge < -0.3 is 4.98 Å². The van der Waals surface area contributed by atoms with Crippen LogP contribution in [0, 0.1) is 5.82 Å². The van der Waals surface area contributed by atoms with Crippen molar-refractivity contribution in [3.63, 3.8) is 0 Å². The van der Waals surface area contributed by atoms with E-state index in [0.29, 0.717) is 0 Å². The molecule has 0 aliphatic rings. The minimum Gasteiger partial charge on any atom is -0.339 e. The zero-order chi connectivity index (χ0) is 13.7. The van der Waals surface area contributed by atoms with Gasteiger partial charge >= 0.3 is 0 Å². The Morgan fingerprint density at radius 2 is 2.10 bits per heavy atom. The SMILES string of the molecule is Cn1ncc2cnc3[nH]c(-c4cccc(F)c4)cc3c21. The molecule has 4 aromatic rings. The number of halogens is 1. The molecule has 3 heterocycles. The van der Waals surface area contributed by atoms with E-state index < -0.39 is 0 Å². The second-order valence-corrected chi connectivity index (χ2v) is 4.79. The van der Waals surface area contributed by atoms with Gasteiger partial charge in [-0.05, 0) is 18.2 Å². The van der Waals surface area contributed by atoms with Crippen molar-refractivity contribution in [3.8, 4) is 11.3 Å². The van der Waals surface area contributed by atoms with Crippen molar-refractivity contribution in [3.05, 3.63) is 48.5 Å². The lowest BCUT2D eigenvalue weighted by Crippen LogP contribution is -1.89. The Balaban J connectivity index is 2.03. The maximum atomic E-state index is 13.3. The van der Waals surface area contributed by atoms with Crippen LogP contribution in [0.15, 0.2) is 42.7 Å². The van der Waals surface area contributed by atoms with Gasteiger partial charge in [-0.25, -0.2) is 9.37 Å². The zero-order valence-corrected chi connectivity index (χ0v) is 10.8. The first kappa shape index (κ1) is 11.2. The molecule has 0 aliphatic heterocycles. The molecule has 5 heteroatoms. The van der Waals surface area contributed by atoms with Crippen LogP contribution in [0.25, 0.3) is 33.2 Å². The molecule has 0 spiro atoms. The molecular weight excluding hydrogens is 255 g/mol. The minimum absolute atomic E-state index is 0.250. The van der Waals surface area contributed by atoms with E-state index in [0.717, 1.165) is 33.2 Å².